The quantitative estimate of drug-likeness (QED) is 0.571. The molecule has 0 fully saturated rings. The highest BCUT2D eigenvalue weighted by Crippen LogP contribution is 2.38. The second kappa shape index (κ2) is 5.34. The number of hydrogen-bond donors (Lipinski definition) is 0. The summed E-state index contributed by atoms with van der Waals surface area (Å²) in [5, 5.41) is 0. The average Bonchev–Trinajstić information content (AvgIpc) is 2.49. The van der Waals surface area contributed by atoms with Crippen LogP contribution in [0.2, 0.25) is 0 Å². The Bertz CT molecular complexity index is 375. The highest BCUT2D eigenvalue weighted by atomic mass is 14.2. The summed E-state index contributed by atoms with van der Waals surface area (Å²) >= 11 is 0. The summed E-state index contributed by atoms with van der Waals surface area (Å²) in [5.74, 6) is 0. The number of hydrogen-bond acceptors (Lipinski definition) is 0. The number of unbranched alkanes of at least 4 members (excludes halogenated alkanes) is 2. The second-order valence-electron chi connectivity index (χ2n) is 4.86. The first kappa shape index (κ1) is 11.4. The van der Waals surface area contributed by atoms with Crippen LogP contribution in [0.15, 0.2) is 46.6 Å². The van der Waals surface area contributed by atoms with Crippen LogP contribution in [-0.2, 0) is 0 Å². The van der Waals surface area contributed by atoms with Gasteiger partial charge >= 0.3 is 0 Å². The molecule has 0 heterocycles. The monoisotopic (exact) mass is 214 g/mol. The Kier molecular flexibility index (Phi) is 3.82. The molecule has 16 heavy (non-hydrogen) atoms. The van der Waals surface area contributed by atoms with Crippen molar-refractivity contribution in [2.45, 2.75) is 52.4 Å². The Hall–Kier alpha value is -1.04. The molecule has 0 atom stereocenters. The molecule has 0 bridgehead atoms. The minimum atomic E-state index is 1.13. The van der Waals surface area contributed by atoms with E-state index in [9.17, 15) is 0 Å². The summed E-state index contributed by atoms with van der Waals surface area (Å²) in [6.07, 6.45) is 16.6. The molecule has 0 radical (unpaired) electrons. The fraction of sp³-hybridized carbons (Fsp3) is 0.500. The first-order valence-electron chi connectivity index (χ1n) is 6.57. The van der Waals surface area contributed by atoms with Gasteiger partial charge in [0.15, 0.2) is 0 Å². The van der Waals surface area contributed by atoms with E-state index in [0.717, 1.165) is 6.42 Å². The predicted octanol–water partition coefficient (Wildman–Crippen LogP) is 5.10. The highest BCUT2D eigenvalue weighted by molar-refractivity contribution is 5.52. The van der Waals surface area contributed by atoms with Crippen LogP contribution in [-0.4, -0.2) is 0 Å². The lowest BCUT2D eigenvalue weighted by Gasteiger charge is -2.05. The largest absolute Gasteiger partial charge is 0.0801 e. The van der Waals surface area contributed by atoms with Crippen LogP contribution in [0.25, 0.3) is 0 Å². The third-order valence-corrected chi connectivity index (χ3v) is 3.72. The molecule has 0 saturated heterocycles. The Morgan fingerprint density at radius 1 is 1.19 bits per heavy atom. The Labute approximate surface area is 99.4 Å². The van der Waals surface area contributed by atoms with E-state index >= 15 is 0 Å². The van der Waals surface area contributed by atoms with Gasteiger partial charge in [-0.3, -0.25) is 0 Å². The maximum atomic E-state index is 2.32. The van der Waals surface area contributed by atoms with Crippen molar-refractivity contribution in [2.75, 3.05) is 0 Å². The van der Waals surface area contributed by atoms with Gasteiger partial charge in [-0.25, -0.2) is 0 Å². The predicted molar refractivity (Wildman–Crippen MR) is 71.4 cm³/mol. The molecule has 0 saturated carbocycles. The Morgan fingerprint density at radius 3 is 2.88 bits per heavy atom. The first-order valence-corrected chi connectivity index (χ1v) is 6.57. The number of allylic oxidation sites excluding steroid dienone is 8. The van der Waals surface area contributed by atoms with Crippen LogP contribution in [0.5, 0.6) is 0 Å². The molecule has 86 valence electrons. The lowest BCUT2D eigenvalue weighted by Crippen LogP contribution is -1.85. The minimum Gasteiger partial charge on any atom is -0.0801 e. The van der Waals surface area contributed by atoms with Crippen LogP contribution in [0.3, 0.4) is 0 Å². The molecule has 0 aliphatic heterocycles. The van der Waals surface area contributed by atoms with E-state index in [1.165, 1.54) is 32.1 Å². The van der Waals surface area contributed by atoms with Crippen LogP contribution in [0.4, 0.5) is 0 Å². The smallest absolute Gasteiger partial charge is 0.00583 e. The van der Waals surface area contributed by atoms with E-state index in [-0.39, 0.29) is 0 Å². The Balaban J connectivity index is 2.04. The molecule has 0 N–H and O–H groups in total. The van der Waals surface area contributed by atoms with Crippen LogP contribution in [0.1, 0.15) is 52.4 Å². The van der Waals surface area contributed by atoms with E-state index in [4.69, 9.17) is 0 Å². The van der Waals surface area contributed by atoms with Gasteiger partial charge in [0.1, 0.15) is 0 Å². The molecule has 0 spiro atoms. The average molecular weight is 214 g/mol. The standard InChI is InChI=1S/C16H22/c1-3-4-6-9-14-12-15-10-7-5-8-11-16(15)13(14)2/h5,7-8,10H,3-4,6,9,11-12H2,1-2H3. The van der Waals surface area contributed by atoms with Crippen LogP contribution >= 0.6 is 0 Å². The lowest BCUT2D eigenvalue weighted by molar-refractivity contribution is 0.705. The van der Waals surface area contributed by atoms with E-state index in [1.54, 1.807) is 22.3 Å². The fourth-order valence-corrected chi connectivity index (χ4v) is 2.67. The summed E-state index contributed by atoms with van der Waals surface area (Å²) in [6, 6.07) is 0. The maximum Gasteiger partial charge on any atom is -0.00583 e. The fourth-order valence-electron chi connectivity index (χ4n) is 2.67. The van der Waals surface area contributed by atoms with Crippen molar-refractivity contribution < 1.29 is 0 Å². The molecule has 0 nitrogen and oxygen atoms in total. The normalized spacial score (nSPS) is 19.4. The molecule has 0 unspecified atom stereocenters. The minimum absolute atomic E-state index is 1.13. The topological polar surface area (TPSA) is 0 Å². The van der Waals surface area contributed by atoms with Crippen molar-refractivity contribution in [3.63, 3.8) is 0 Å². The third kappa shape index (κ3) is 2.37. The Morgan fingerprint density at radius 2 is 2.06 bits per heavy atom. The number of rotatable bonds is 4. The van der Waals surface area contributed by atoms with Crippen molar-refractivity contribution in [1.29, 1.82) is 0 Å². The molecule has 0 heteroatoms. The highest BCUT2D eigenvalue weighted by Gasteiger charge is 2.19. The van der Waals surface area contributed by atoms with Crippen molar-refractivity contribution >= 4 is 0 Å². The summed E-state index contributed by atoms with van der Waals surface area (Å²) in [6.45, 7) is 4.59. The zero-order chi connectivity index (χ0) is 11.4. The zero-order valence-electron chi connectivity index (χ0n) is 10.6. The lowest BCUT2D eigenvalue weighted by atomic mass is 10.0. The van der Waals surface area contributed by atoms with Gasteiger partial charge < -0.3 is 0 Å². The summed E-state index contributed by atoms with van der Waals surface area (Å²) < 4.78 is 0. The molecule has 0 aromatic carbocycles. The van der Waals surface area contributed by atoms with Gasteiger partial charge in [0, 0.05) is 0 Å². The zero-order valence-corrected chi connectivity index (χ0v) is 10.6. The molecule has 0 amide bonds. The van der Waals surface area contributed by atoms with E-state index in [1.807, 2.05) is 0 Å². The third-order valence-electron chi connectivity index (χ3n) is 3.72. The second-order valence-corrected chi connectivity index (χ2v) is 4.86. The summed E-state index contributed by atoms with van der Waals surface area (Å²) in [4.78, 5) is 0. The van der Waals surface area contributed by atoms with E-state index < -0.39 is 0 Å². The van der Waals surface area contributed by atoms with Gasteiger partial charge in [-0.1, -0.05) is 49.6 Å². The molecule has 0 aromatic rings. The van der Waals surface area contributed by atoms with Gasteiger partial charge in [-0.05, 0) is 49.3 Å². The van der Waals surface area contributed by atoms with Crippen LogP contribution < -0.4 is 0 Å². The molecular formula is C16H22. The maximum absolute atomic E-state index is 2.32. The SMILES string of the molecule is CCCCCC1=C(C)C2=C(C=CC=CC2)C1. The van der Waals surface area contributed by atoms with Gasteiger partial charge in [0.25, 0.3) is 0 Å². The van der Waals surface area contributed by atoms with Gasteiger partial charge in [-0.15, -0.1) is 0 Å². The molecule has 2 rings (SSSR count). The van der Waals surface area contributed by atoms with Gasteiger partial charge in [0.05, 0.1) is 0 Å². The molecule has 2 aliphatic rings. The molecule has 2 aliphatic carbocycles. The molecular weight excluding hydrogens is 192 g/mol. The van der Waals surface area contributed by atoms with Crippen molar-refractivity contribution in [3.05, 3.63) is 46.6 Å². The molecule has 0 aromatic heterocycles. The van der Waals surface area contributed by atoms with Crippen LogP contribution in [0, 0.1) is 0 Å². The first-order chi connectivity index (χ1) is 7.83. The van der Waals surface area contributed by atoms with Gasteiger partial charge in [0.2, 0.25) is 0 Å². The van der Waals surface area contributed by atoms with Crippen molar-refractivity contribution in [2.24, 2.45) is 0 Å². The van der Waals surface area contributed by atoms with Crippen molar-refractivity contribution in [3.8, 4) is 0 Å². The van der Waals surface area contributed by atoms with Crippen molar-refractivity contribution in [1.82, 2.24) is 0 Å². The summed E-state index contributed by atoms with van der Waals surface area (Å²) in [7, 11) is 0. The summed E-state index contributed by atoms with van der Waals surface area (Å²) in [5.41, 5.74) is 6.44. The van der Waals surface area contributed by atoms with E-state index in [2.05, 4.69) is 38.2 Å². The van der Waals surface area contributed by atoms with E-state index in [0.29, 0.717) is 0 Å². The van der Waals surface area contributed by atoms with Gasteiger partial charge in [-0.2, -0.15) is 0 Å².